The maximum atomic E-state index is 6.32. The summed E-state index contributed by atoms with van der Waals surface area (Å²) in [6.07, 6.45) is 2.97. The van der Waals surface area contributed by atoms with E-state index in [1.807, 2.05) is 0 Å². The summed E-state index contributed by atoms with van der Waals surface area (Å²) in [5.74, 6) is 0.958. The van der Waals surface area contributed by atoms with Crippen LogP contribution in [0.5, 0.6) is 11.5 Å². The lowest BCUT2D eigenvalue weighted by molar-refractivity contribution is 0.482. The first-order valence-electron chi connectivity index (χ1n) is 6.94. The van der Waals surface area contributed by atoms with E-state index in [0.29, 0.717) is 49.1 Å². The van der Waals surface area contributed by atoms with Crippen LogP contribution in [-0.2, 0) is 6.42 Å². The van der Waals surface area contributed by atoms with Crippen molar-refractivity contribution in [2.24, 2.45) is 0 Å². The van der Waals surface area contributed by atoms with E-state index in [4.69, 9.17) is 55.9 Å². The summed E-state index contributed by atoms with van der Waals surface area (Å²) in [6.45, 7) is 6.84. The highest BCUT2D eigenvalue weighted by molar-refractivity contribution is 6.37. The van der Waals surface area contributed by atoms with Gasteiger partial charge in [0.25, 0.3) is 0 Å². The Morgan fingerprint density at radius 1 is 0.720 bits per heavy atom. The zero-order valence-corrected chi connectivity index (χ0v) is 15.9. The van der Waals surface area contributed by atoms with Crippen LogP contribution >= 0.6 is 46.4 Å². The minimum Gasteiger partial charge on any atom is -0.457 e. The van der Waals surface area contributed by atoms with Gasteiger partial charge in [0, 0.05) is 26.5 Å². The van der Waals surface area contributed by atoms with Crippen LogP contribution in [0.4, 0.5) is 0 Å². The second kappa shape index (κ2) is 9.08. The van der Waals surface area contributed by atoms with Crippen molar-refractivity contribution in [3.8, 4) is 11.5 Å². The maximum Gasteiger partial charge on any atom is 0.133 e. The molecule has 128 valence electrons. The van der Waals surface area contributed by atoms with Crippen LogP contribution in [0.15, 0.2) is 61.4 Å². The van der Waals surface area contributed by atoms with E-state index < -0.39 is 0 Å². The average molecular weight is 414 g/mol. The molecule has 0 atom stereocenters. The number of hydrogen-bond acceptors (Lipinski definition) is 2. The van der Waals surface area contributed by atoms with E-state index in [0.717, 1.165) is 0 Å². The predicted octanol–water partition coefficient (Wildman–Crippen LogP) is 7.25. The molecule has 0 aromatic heterocycles. The molecule has 0 aliphatic carbocycles. The lowest BCUT2D eigenvalue weighted by atomic mass is 10.0. The van der Waals surface area contributed by atoms with Gasteiger partial charge in [0.2, 0.25) is 0 Å². The lowest BCUT2D eigenvalue weighted by Gasteiger charge is -2.13. The Morgan fingerprint density at radius 2 is 1.04 bits per heavy atom. The van der Waals surface area contributed by atoms with Crippen LogP contribution in [0.3, 0.4) is 0 Å². The highest BCUT2D eigenvalue weighted by Crippen LogP contribution is 2.37. The SMILES string of the molecule is C=C=COc1cc(Cl)c(Cc2c(Cl)cc(OC=C=C)cc2Cl)c(Cl)c1. The minimum atomic E-state index is 0.352. The number of halogens is 4. The van der Waals surface area contributed by atoms with Gasteiger partial charge < -0.3 is 9.47 Å². The predicted molar refractivity (Wildman–Crippen MR) is 104 cm³/mol. The summed E-state index contributed by atoms with van der Waals surface area (Å²) < 4.78 is 10.5. The highest BCUT2D eigenvalue weighted by Gasteiger charge is 2.15. The normalized spacial score (nSPS) is 9.76. The molecule has 2 aromatic carbocycles. The van der Waals surface area contributed by atoms with E-state index in [9.17, 15) is 0 Å². The van der Waals surface area contributed by atoms with Gasteiger partial charge in [-0.1, -0.05) is 71.0 Å². The van der Waals surface area contributed by atoms with Gasteiger partial charge in [0.15, 0.2) is 0 Å². The molecule has 0 heterocycles. The Bertz CT molecular complexity index is 773. The van der Waals surface area contributed by atoms with E-state index in [2.05, 4.69) is 24.6 Å². The van der Waals surface area contributed by atoms with Crippen molar-refractivity contribution < 1.29 is 9.47 Å². The molecule has 0 aliphatic rings. The lowest BCUT2D eigenvalue weighted by Crippen LogP contribution is -1.96. The number of rotatable bonds is 6. The Morgan fingerprint density at radius 3 is 1.32 bits per heavy atom. The fourth-order valence-corrected chi connectivity index (χ4v) is 3.23. The molecule has 6 heteroatoms. The van der Waals surface area contributed by atoms with Gasteiger partial charge in [-0.05, 0) is 35.4 Å². The molecular formula is C19H12Cl4O2. The van der Waals surface area contributed by atoms with E-state index >= 15 is 0 Å². The van der Waals surface area contributed by atoms with Crippen molar-refractivity contribution >= 4 is 46.4 Å². The van der Waals surface area contributed by atoms with Crippen LogP contribution < -0.4 is 9.47 Å². The molecule has 0 radical (unpaired) electrons. The summed E-state index contributed by atoms with van der Waals surface area (Å²) in [6, 6.07) is 6.57. The van der Waals surface area contributed by atoms with E-state index in [-0.39, 0.29) is 0 Å². The molecule has 0 saturated heterocycles. The quantitative estimate of drug-likeness (QED) is 0.366. The Balaban J connectivity index is 2.36. The molecular weight excluding hydrogens is 402 g/mol. The third-order valence-electron chi connectivity index (χ3n) is 3.14. The third-order valence-corrected chi connectivity index (χ3v) is 4.49. The smallest absolute Gasteiger partial charge is 0.133 e. The first-order chi connectivity index (χ1) is 12.0. The van der Waals surface area contributed by atoms with Gasteiger partial charge in [-0.15, -0.1) is 0 Å². The van der Waals surface area contributed by atoms with Gasteiger partial charge in [-0.2, -0.15) is 0 Å². The molecule has 0 unspecified atom stereocenters. The van der Waals surface area contributed by atoms with Crippen molar-refractivity contribution in [3.05, 3.63) is 92.6 Å². The second-order valence-corrected chi connectivity index (χ2v) is 6.42. The summed E-state index contributed by atoms with van der Waals surface area (Å²) in [5, 5.41) is 1.73. The molecule has 2 aromatic rings. The Kier molecular flexibility index (Phi) is 7.11. The fourth-order valence-electron chi connectivity index (χ4n) is 2.03. The summed E-state index contributed by atoms with van der Waals surface area (Å²) in [5.41, 5.74) is 6.37. The summed E-state index contributed by atoms with van der Waals surface area (Å²) in [7, 11) is 0. The summed E-state index contributed by atoms with van der Waals surface area (Å²) >= 11 is 25.3. The molecule has 0 aliphatic heterocycles. The van der Waals surface area contributed by atoms with Crippen LogP contribution in [0.1, 0.15) is 11.1 Å². The van der Waals surface area contributed by atoms with Crippen LogP contribution in [0.2, 0.25) is 20.1 Å². The zero-order valence-electron chi connectivity index (χ0n) is 12.9. The van der Waals surface area contributed by atoms with Gasteiger partial charge in [-0.3, -0.25) is 0 Å². The van der Waals surface area contributed by atoms with Crippen LogP contribution in [0.25, 0.3) is 0 Å². The minimum absolute atomic E-state index is 0.352. The third kappa shape index (κ3) is 5.11. The molecule has 0 amide bonds. The average Bonchev–Trinajstić information content (AvgIpc) is 2.56. The fraction of sp³-hybridized carbons (Fsp3) is 0.0526. The first-order valence-corrected chi connectivity index (χ1v) is 8.45. The van der Waals surface area contributed by atoms with Crippen LogP contribution in [-0.4, -0.2) is 0 Å². The maximum absolute atomic E-state index is 6.32. The monoisotopic (exact) mass is 412 g/mol. The highest BCUT2D eigenvalue weighted by atomic mass is 35.5. The largest absolute Gasteiger partial charge is 0.457 e. The number of ether oxygens (including phenoxy) is 2. The van der Waals surface area contributed by atoms with Crippen molar-refractivity contribution in [1.82, 2.24) is 0 Å². The van der Waals surface area contributed by atoms with Gasteiger partial charge in [0.05, 0.1) is 0 Å². The van der Waals surface area contributed by atoms with Gasteiger partial charge in [-0.25, -0.2) is 0 Å². The number of hydrogen-bond donors (Lipinski definition) is 0. The molecule has 0 saturated carbocycles. The van der Waals surface area contributed by atoms with E-state index in [1.165, 1.54) is 12.5 Å². The van der Waals surface area contributed by atoms with Gasteiger partial charge in [0.1, 0.15) is 24.0 Å². The zero-order chi connectivity index (χ0) is 18.4. The van der Waals surface area contributed by atoms with Crippen molar-refractivity contribution in [1.29, 1.82) is 0 Å². The molecule has 0 bridgehead atoms. The molecule has 2 nitrogen and oxygen atoms in total. The standard InChI is InChI=1S/C19H12Cl4O2/c1-3-5-24-12-7-16(20)14(17(21)8-12)11-15-18(22)9-13(10-19(15)23)25-6-4-2/h5-10H,1-2,11H2. The Hall–Kier alpha value is -1.76. The first kappa shape index (κ1) is 19.6. The second-order valence-electron chi connectivity index (χ2n) is 4.79. The van der Waals surface area contributed by atoms with Gasteiger partial charge >= 0.3 is 0 Å². The molecule has 25 heavy (non-hydrogen) atoms. The molecule has 2 rings (SSSR count). The van der Waals surface area contributed by atoms with E-state index in [1.54, 1.807) is 24.3 Å². The summed E-state index contributed by atoms with van der Waals surface area (Å²) in [4.78, 5) is 0. The van der Waals surface area contributed by atoms with Crippen LogP contribution in [0, 0.1) is 0 Å². The molecule has 0 spiro atoms. The van der Waals surface area contributed by atoms with Crippen molar-refractivity contribution in [2.75, 3.05) is 0 Å². The van der Waals surface area contributed by atoms with Crippen molar-refractivity contribution in [3.63, 3.8) is 0 Å². The van der Waals surface area contributed by atoms with Crippen molar-refractivity contribution in [2.45, 2.75) is 6.42 Å². The molecule has 0 fully saturated rings. The molecule has 0 N–H and O–H groups in total. The topological polar surface area (TPSA) is 18.5 Å². The Labute approximate surface area is 166 Å². The number of benzene rings is 2.